The monoisotopic (exact) mass is 395 g/mol. The summed E-state index contributed by atoms with van der Waals surface area (Å²) < 4.78 is 19.0. The molecule has 4 rings (SSSR count). The van der Waals surface area contributed by atoms with Crippen LogP contribution in [0.15, 0.2) is 59.1 Å². The predicted molar refractivity (Wildman–Crippen MR) is 111 cm³/mol. The van der Waals surface area contributed by atoms with Crippen molar-refractivity contribution in [2.75, 3.05) is 44.6 Å². The standard InChI is InChI=1S/C22H26FN5O/c23-20-10-5-4-9-19(20)21-25-22(29-26-21)24-11-6-12-27-13-15-28(16-14-27)17-18-7-2-1-3-8-18/h1-5,7-10H,6,11-17H2,(H,24,25,26). The largest absolute Gasteiger partial charge is 0.338 e. The molecule has 1 aromatic heterocycles. The molecule has 0 unspecified atom stereocenters. The van der Waals surface area contributed by atoms with E-state index in [9.17, 15) is 4.39 Å². The number of benzene rings is 2. The Kier molecular flexibility index (Phi) is 6.49. The molecule has 29 heavy (non-hydrogen) atoms. The third-order valence-electron chi connectivity index (χ3n) is 5.18. The lowest BCUT2D eigenvalue weighted by molar-refractivity contribution is 0.127. The van der Waals surface area contributed by atoms with Crippen LogP contribution in [-0.4, -0.2) is 59.2 Å². The summed E-state index contributed by atoms with van der Waals surface area (Å²) in [6, 6.07) is 17.4. The normalized spacial score (nSPS) is 15.5. The molecule has 1 saturated heterocycles. The van der Waals surface area contributed by atoms with Crippen LogP contribution in [-0.2, 0) is 6.54 Å². The molecule has 1 aliphatic heterocycles. The topological polar surface area (TPSA) is 57.4 Å². The number of piperazine rings is 1. The predicted octanol–water partition coefficient (Wildman–Crippen LogP) is 3.50. The Morgan fingerprint density at radius 1 is 0.931 bits per heavy atom. The van der Waals surface area contributed by atoms with E-state index in [0.717, 1.165) is 52.2 Å². The molecule has 1 fully saturated rings. The van der Waals surface area contributed by atoms with E-state index >= 15 is 0 Å². The van der Waals surface area contributed by atoms with Crippen molar-refractivity contribution >= 4 is 6.01 Å². The third-order valence-corrected chi connectivity index (χ3v) is 5.18. The zero-order valence-corrected chi connectivity index (χ0v) is 16.4. The summed E-state index contributed by atoms with van der Waals surface area (Å²) in [6.07, 6.45) is 0.982. The van der Waals surface area contributed by atoms with Crippen LogP contribution >= 0.6 is 0 Å². The molecule has 6 nitrogen and oxygen atoms in total. The highest BCUT2D eigenvalue weighted by atomic mass is 19.1. The molecular weight excluding hydrogens is 369 g/mol. The second-order valence-electron chi connectivity index (χ2n) is 7.29. The van der Waals surface area contributed by atoms with Crippen LogP contribution in [0.2, 0.25) is 0 Å². The molecule has 0 aliphatic carbocycles. The van der Waals surface area contributed by atoms with Crippen LogP contribution in [0.5, 0.6) is 0 Å². The lowest BCUT2D eigenvalue weighted by Gasteiger charge is -2.34. The first-order chi connectivity index (χ1) is 14.3. The van der Waals surface area contributed by atoms with Crippen LogP contribution in [0, 0.1) is 5.82 Å². The number of anilines is 1. The molecule has 3 aromatic rings. The molecular formula is C22H26FN5O. The minimum Gasteiger partial charge on any atom is -0.338 e. The smallest absolute Gasteiger partial charge is 0.321 e. The second kappa shape index (κ2) is 9.62. The van der Waals surface area contributed by atoms with Crippen molar-refractivity contribution in [3.05, 3.63) is 66.0 Å². The molecule has 1 aliphatic rings. The molecule has 0 spiro atoms. The maximum Gasteiger partial charge on any atom is 0.321 e. The van der Waals surface area contributed by atoms with Gasteiger partial charge in [0.1, 0.15) is 5.82 Å². The van der Waals surface area contributed by atoms with Gasteiger partial charge in [0.15, 0.2) is 0 Å². The zero-order valence-electron chi connectivity index (χ0n) is 16.4. The number of nitrogens with zero attached hydrogens (tertiary/aromatic N) is 4. The number of nitrogens with one attached hydrogen (secondary N) is 1. The molecule has 0 bridgehead atoms. The van der Waals surface area contributed by atoms with Crippen molar-refractivity contribution in [1.29, 1.82) is 0 Å². The Labute approximate surface area is 170 Å². The van der Waals surface area contributed by atoms with Gasteiger partial charge in [0.05, 0.1) is 5.56 Å². The number of halogens is 1. The summed E-state index contributed by atoms with van der Waals surface area (Å²) in [4.78, 5) is 9.22. The fourth-order valence-electron chi connectivity index (χ4n) is 3.56. The van der Waals surface area contributed by atoms with Crippen molar-refractivity contribution < 1.29 is 8.91 Å². The SMILES string of the molecule is Fc1ccccc1-c1noc(NCCCN2CCN(Cc3ccccc3)CC2)n1. The van der Waals surface area contributed by atoms with Gasteiger partial charge in [-0.1, -0.05) is 47.6 Å². The molecule has 0 saturated carbocycles. The quantitative estimate of drug-likeness (QED) is 0.589. The van der Waals surface area contributed by atoms with E-state index in [1.807, 2.05) is 0 Å². The summed E-state index contributed by atoms with van der Waals surface area (Å²) in [6.45, 7) is 7.16. The Balaban J connectivity index is 1.15. The van der Waals surface area contributed by atoms with Gasteiger partial charge in [0.2, 0.25) is 5.82 Å². The fourth-order valence-corrected chi connectivity index (χ4v) is 3.56. The highest BCUT2D eigenvalue weighted by molar-refractivity contribution is 5.56. The van der Waals surface area contributed by atoms with Gasteiger partial charge >= 0.3 is 6.01 Å². The molecule has 0 atom stereocenters. The van der Waals surface area contributed by atoms with E-state index in [0.29, 0.717) is 11.6 Å². The van der Waals surface area contributed by atoms with Gasteiger partial charge in [-0.05, 0) is 30.7 Å². The average Bonchev–Trinajstić information content (AvgIpc) is 3.22. The van der Waals surface area contributed by atoms with E-state index in [2.05, 4.69) is 55.6 Å². The van der Waals surface area contributed by atoms with Crippen LogP contribution < -0.4 is 5.32 Å². The van der Waals surface area contributed by atoms with Gasteiger partial charge in [-0.25, -0.2) is 4.39 Å². The minimum absolute atomic E-state index is 0.264. The van der Waals surface area contributed by atoms with E-state index < -0.39 is 0 Å². The first-order valence-electron chi connectivity index (χ1n) is 10.1. The van der Waals surface area contributed by atoms with Crippen molar-refractivity contribution in [2.45, 2.75) is 13.0 Å². The average molecular weight is 395 g/mol. The maximum absolute atomic E-state index is 13.8. The number of hydrogen-bond donors (Lipinski definition) is 1. The van der Waals surface area contributed by atoms with Gasteiger partial charge in [0.25, 0.3) is 0 Å². The first kappa shape index (κ1) is 19.5. The first-order valence-corrected chi connectivity index (χ1v) is 10.1. The van der Waals surface area contributed by atoms with Gasteiger partial charge in [-0.3, -0.25) is 4.90 Å². The summed E-state index contributed by atoms with van der Waals surface area (Å²) >= 11 is 0. The summed E-state index contributed by atoms with van der Waals surface area (Å²) in [5.74, 6) is -0.0913. The maximum atomic E-state index is 13.8. The van der Waals surface area contributed by atoms with Gasteiger partial charge in [-0.2, -0.15) is 4.98 Å². The van der Waals surface area contributed by atoms with Crippen molar-refractivity contribution in [3.8, 4) is 11.4 Å². The van der Waals surface area contributed by atoms with Crippen LogP contribution in [0.3, 0.4) is 0 Å². The number of rotatable bonds is 8. The van der Waals surface area contributed by atoms with Crippen molar-refractivity contribution in [1.82, 2.24) is 19.9 Å². The molecule has 2 aromatic carbocycles. The van der Waals surface area contributed by atoms with E-state index in [1.54, 1.807) is 18.2 Å². The fraction of sp³-hybridized carbons (Fsp3) is 0.364. The zero-order chi connectivity index (χ0) is 19.9. The summed E-state index contributed by atoms with van der Waals surface area (Å²) in [5, 5.41) is 6.99. The molecule has 152 valence electrons. The van der Waals surface area contributed by atoms with Crippen molar-refractivity contribution in [3.63, 3.8) is 0 Å². The van der Waals surface area contributed by atoms with Gasteiger partial charge in [-0.15, -0.1) is 0 Å². The molecule has 1 N–H and O–H groups in total. The molecule has 0 amide bonds. The minimum atomic E-state index is -0.355. The van der Waals surface area contributed by atoms with Crippen molar-refractivity contribution in [2.24, 2.45) is 0 Å². The van der Waals surface area contributed by atoms with E-state index in [1.165, 1.54) is 11.6 Å². The molecule has 0 radical (unpaired) electrons. The Hall–Kier alpha value is -2.77. The van der Waals surface area contributed by atoms with E-state index in [-0.39, 0.29) is 11.6 Å². The Morgan fingerprint density at radius 3 is 2.45 bits per heavy atom. The Bertz CT molecular complexity index is 893. The molecule has 7 heteroatoms. The van der Waals surface area contributed by atoms with Crippen LogP contribution in [0.4, 0.5) is 10.4 Å². The summed E-state index contributed by atoms with van der Waals surface area (Å²) in [5.41, 5.74) is 1.72. The summed E-state index contributed by atoms with van der Waals surface area (Å²) in [7, 11) is 0. The third kappa shape index (κ3) is 5.40. The van der Waals surface area contributed by atoms with Crippen LogP contribution in [0.25, 0.3) is 11.4 Å². The van der Waals surface area contributed by atoms with Crippen LogP contribution in [0.1, 0.15) is 12.0 Å². The number of aromatic nitrogens is 2. The van der Waals surface area contributed by atoms with E-state index in [4.69, 9.17) is 4.52 Å². The number of hydrogen-bond acceptors (Lipinski definition) is 6. The second-order valence-corrected chi connectivity index (χ2v) is 7.29. The lowest BCUT2D eigenvalue weighted by atomic mass is 10.2. The lowest BCUT2D eigenvalue weighted by Crippen LogP contribution is -2.46. The van der Waals surface area contributed by atoms with Gasteiger partial charge < -0.3 is 14.7 Å². The van der Waals surface area contributed by atoms with Gasteiger partial charge in [0, 0.05) is 39.3 Å². The molecule has 2 heterocycles. The highest BCUT2D eigenvalue weighted by Crippen LogP contribution is 2.20. The Morgan fingerprint density at radius 2 is 1.66 bits per heavy atom. The highest BCUT2D eigenvalue weighted by Gasteiger charge is 2.17.